The molecule has 6 nitrogen and oxygen atoms in total. The lowest BCUT2D eigenvalue weighted by Gasteiger charge is -2.33. The lowest BCUT2D eigenvalue weighted by molar-refractivity contribution is -0.145. The van der Waals surface area contributed by atoms with Crippen LogP contribution in [0.3, 0.4) is 0 Å². The maximum Gasteiger partial charge on any atom is 0.306 e. The van der Waals surface area contributed by atoms with Crippen molar-refractivity contribution in [3.05, 3.63) is 59.7 Å². The van der Waals surface area contributed by atoms with Gasteiger partial charge in [-0.15, -0.1) is 0 Å². The van der Waals surface area contributed by atoms with E-state index in [4.69, 9.17) is 9.63 Å². The molecular formula is C24H27N3O3. The molecule has 0 aliphatic heterocycles. The zero-order valence-electron chi connectivity index (χ0n) is 17.3. The number of carbonyl (C=O) groups is 1. The van der Waals surface area contributed by atoms with Crippen LogP contribution in [0.5, 0.6) is 0 Å². The molecule has 30 heavy (non-hydrogen) atoms. The first-order chi connectivity index (χ1) is 14.5. The second-order valence-corrected chi connectivity index (χ2v) is 8.50. The van der Waals surface area contributed by atoms with Crippen LogP contribution < -0.4 is 5.32 Å². The number of nitrogens with zero attached hydrogens (tertiary/aromatic N) is 2. The number of aliphatic carboxylic acids is 1. The fourth-order valence-electron chi connectivity index (χ4n) is 3.73. The van der Waals surface area contributed by atoms with Crippen LogP contribution in [0.2, 0.25) is 0 Å². The van der Waals surface area contributed by atoms with Gasteiger partial charge in [-0.05, 0) is 48.4 Å². The molecular weight excluding hydrogens is 378 g/mol. The van der Waals surface area contributed by atoms with Crippen molar-refractivity contribution < 1.29 is 14.4 Å². The van der Waals surface area contributed by atoms with E-state index in [0.29, 0.717) is 30.5 Å². The maximum atomic E-state index is 10.9. The predicted octanol–water partition coefficient (Wildman–Crippen LogP) is 4.55. The Morgan fingerprint density at radius 3 is 2.33 bits per heavy atom. The van der Waals surface area contributed by atoms with Gasteiger partial charge in [0.15, 0.2) is 0 Å². The molecule has 6 heteroatoms. The van der Waals surface area contributed by atoms with Crippen molar-refractivity contribution >= 4 is 5.97 Å². The first kappa shape index (κ1) is 20.3. The predicted molar refractivity (Wildman–Crippen MR) is 115 cm³/mol. The van der Waals surface area contributed by atoms with E-state index in [1.165, 1.54) is 5.56 Å². The van der Waals surface area contributed by atoms with Gasteiger partial charge in [0.05, 0.1) is 5.92 Å². The Hall–Kier alpha value is -2.99. The minimum atomic E-state index is -0.691. The Labute approximate surface area is 176 Å². The zero-order chi connectivity index (χ0) is 21.1. The molecule has 2 aromatic carbocycles. The minimum Gasteiger partial charge on any atom is -0.481 e. The standard InChI is InChI=1S/C24H27N3O3/c1-15(2)11-16-3-9-19(10-4-16)23-26-22(27-30-23)18-7-5-17(6-8-18)14-25-21-12-20(13-21)24(28)29/h3-10,15,20-21,25H,11-14H2,1-2H3,(H,28,29). The van der Waals surface area contributed by atoms with E-state index in [-0.39, 0.29) is 12.0 Å². The van der Waals surface area contributed by atoms with Crippen LogP contribution in [0, 0.1) is 11.8 Å². The topological polar surface area (TPSA) is 88.2 Å². The second kappa shape index (κ2) is 8.79. The molecule has 1 saturated carbocycles. The number of rotatable bonds is 8. The first-order valence-corrected chi connectivity index (χ1v) is 10.5. The Morgan fingerprint density at radius 2 is 1.70 bits per heavy atom. The summed E-state index contributed by atoms with van der Waals surface area (Å²) in [7, 11) is 0. The molecule has 1 fully saturated rings. The van der Waals surface area contributed by atoms with Crippen molar-refractivity contribution in [1.29, 1.82) is 0 Å². The molecule has 0 saturated heterocycles. The highest BCUT2D eigenvalue weighted by Gasteiger charge is 2.33. The van der Waals surface area contributed by atoms with Crippen LogP contribution in [0.15, 0.2) is 53.1 Å². The first-order valence-electron chi connectivity index (χ1n) is 10.5. The lowest BCUT2D eigenvalue weighted by atomic mass is 9.80. The summed E-state index contributed by atoms with van der Waals surface area (Å²) >= 11 is 0. The third-order valence-electron chi connectivity index (χ3n) is 5.57. The quantitative estimate of drug-likeness (QED) is 0.571. The molecule has 156 valence electrons. The number of carboxylic acids is 1. The third-order valence-corrected chi connectivity index (χ3v) is 5.57. The molecule has 0 radical (unpaired) electrons. The average molecular weight is 405 g/mol. The van der Waals surface area contributed by atoms with Gasteiger partial charge in [0.1, 0.15) is 0 Å². The summed E-state index contributed by atoms with van der Waals surface area (Å²) in [6, 6.07) is 16.6. The normalized spacial score (nSPS) is 18.4. The molecule has 3 aromatic rings. The molecule has 1 heterocycles. The van der Waals surface area contributed by atoms with E-state index in [9.17, 15) is 4.79 Å². The summed E-state index contributed by atoms with van der Waals surface area (Å²) in [4.78, 5) is 15.4. The van der Waals surface area contributed by atoms with Gasteiger partial charge in [0, 0.05) is 23.7 Å². The van der Waals surface area contributed by atoms with Crippen molar-refractivity contribution in [3.8, 4) is 22.8 Å². The summed E-state index contributed by atoms with van der Waals surface area (Å²) in [6.07, 6.45) is 2.46. The van der Waals surface area contributed by atoms with E-state index in [1.54, 1.807) is 0 Å². The number of nitrogens with one attached hydrogen (secondary N) is 1. The molecule has 0 bridgehead atoms. The van der Waals surface area contributed by atoms with Crippen LogP contribution in [-0.4, -0.2) is 27.3 Å². The SMILES string of the molecule is CC(C)Cc1ccc(-c2nc(-c3ccc(CNC4CC(C(=O)O)C4)cc3)no2)cc1. The van der Waals surface area contributed by atoms with Crippen LogP contribution in [0.1, 0.15) is 37.8 Å². The van der Waals surface area contributed by atoms with Gasteiger partial charge in [-0.2, -0.15) is 4.98 Å². The minimum absolute atomic E-state index is 0.191. The van der Waals surface area contributed by atoms with E-state index in [1.807, 2.05) is 36.4 Å². The van der Waals surface area contributed by atoms with E-state index in [0.717, 1.165) is 29.7 Å². The maximum absolute atomic E-state index is 10.9. The number of carboxylic acid groups (broad SMARTS) is 1. The summed E-state index contributed by atoms with van der Waals surface area (Å²) in [5.74, 6) is 0.829. The summed E-state index contributed by atoms with van der Waals surface area (Å²) in [5.41, 5.74) is 4.27. The van der Waals surface area contributed by atoms with Gasteiger partial charge in [0.2, 0.25) is 5.82 Å². The van der Waals surface area contributed by atoms with Gasteiger partial charge >= 0.3 is 5.97 Å². The van der Waals surface area contributed by atoms with Crippen molar-refractivity contribution in [2.45, 2.75) is 45.7 Å². The fraction of sp³-hybridized carbons (Fsp3) is 0.375. The molecule has 1 aliphatic carbocycles. The highest BCUT2D eigenvalue weighted by atomic mass is 16.5. The molecule has 0 amide bonds. The van der Waals surface area contributed by atoms with Gasteiger partial charge in [0.25, 0.3) is 5.89 Å². The van der Waals surface area contributed by atoms with Gasteiger partial charge in [-0.3, -0.25) is 4.79 Å². The highest BCUT2D eigenvalue weighted by Crippen LogP contribution is 2.28. The smallest absolute Gasteiger partial charge is 0.306 e. The van der Waals surface area contributed by atoms with Crippen LogP contribution >= 0.6 is 0 Å². The van der Waals surface area contributed by atoms with Gasteiger partial charge in [-0.25, -0.2) is 0 Å². The Balaban J connectivity index is 1.35. The molecule has 1 aliphatic rings. The monoisotopic (exact) mass is 405 g/mol. The summed E-state index contributed by atoms with van der Waals surface area (Å²) in [5, 5.41) is 16.5. The zero-order valence-corrected chi connectivity index (χ0v) is 17.3. The Bertz CT molecular complexity index is 987. The summed E-state index contributed by atoms with van der Waals surface area (Å²) < 4.78 is 5.47. The van der Waals surface area contributed by atoms with Crippen LogP contribution in [0.25, 0.3) is 22.8 Å². The Kier molecular flexibility index (Phi) is 5.95. The van der Waals surface area contributed by atoms with Crippen molar-refractivity contribution in [2.75, 3.05) is 0 Å². The van der Waals surface area contributed by atoms with Crippen LogP contribution in [0.4, 0.5) is 0 Å². The molecule has 4 rings (SSSR count). The molecule has 2 N–H and O–H groups in total. The molecule has 0 spiro atoms. The lowest BCUT2D eigenvalue weighted by Crippen LogP contribution is -2.43. The van der Waals surface area contributed by atoms with Crippen molar-refractivity contribution in [3.63, 3.8) is 0 Å². The number of hydrogen-bond donors (Lipinski definition) is 2. The van der Waals surface area contributed by atoms with E-state index >= 15 is 0 Å². The number of hydrogen-bond acceptors (Lipinski definition) is 5. The van der Waals surface area contributed by atoms with Gasteiger partial charge < -0.3 is 14.9 Å². The molecule has 1 aromatic heterocycles. The van der Waals surface area contributed by atoms with E-state index < -0.39 is 5.97 Å². The number of benzene rings is 2. The molecule has 0 unspecified atom stereocenters. The number of aromatic nitrogens is 2. The summed E-state index contributed by atoms with van der Waals surface area (Å²) in [6.45, 7) is 5.14. The highest BCUT2D eigenvalue weighted by molar-refractivity contribution is 5.71. The van der Waals surface area contributed by atoms with Crippen LogP contribution in [-0.2, 0) is 17.8 Å². The second-order valence-electron chi connectivity index (χ2n) is 8.50. The van der Waals surface area contributed by atoms with Crippen molar-refractivity contribution in [1.82, 2.24) is 15.5 Å². The van der Waals surface area contributed by atoms with Crippen molar-refractivity contribution in [2.24, 2.45) is 11.8 Å². The van der Waals surface area contributed by atoms with Gasteiger partial charge in [-0.1, -0.05) is 55.4 Å². The largest absolute Gasteiger partial charge is 0.481 e. The fourth-order valence-corrected chi connectivity index (χ4v) is 3.73. The molecule has 0 atom stereocenters. The third kappa shape index (κ3) is 4.76. The van der Waals surface area contributed by atoms with E-state index in [2.05, 4.69) is 41.4 Å². The Morgan fingerprint density at radius 1 is 1.07 bits per heavy atom. The average Bonchev–Trinajstić information content (AvgIpc) is 3.17.